The van der Waals surface area contributed by atoms with Crippen LogP contribution in [0.25, 0.3) is 0 Å². The van der Waals surface area contributed by atoms with Crippen LogP contribution in [0, 0.1) is 12.8 Å². The Balaban J connectivity index is 1.24. The fourth-order valence-corrected chi connectivity index (χ4v) is 4.78. The van der Waals surface area contributed by atoms with Crippen molar-refractivity contribution in [3.8, 4) is 0 Å². The van der Waals surface area contributed by atoms with Gasteiger partial charge in [0.2, 0.25) is 5.91 Å². The lowest BCUT2D eigenvalue weighted by atomic mass is 10.0. The van der Waals surface area contributed by atoms with Gasteiger partial charge in [-0.1, -0.05) is 0 Å². The molecule has 0 unspecified atom stereocenters. The van der Waals surface area contributed by atoms with Gasteiger partial charge >= 0.3 is 0 Å². The molecule has 6 nitrogen and oxygen atoms in total. The average molecular weight is 351 g/mol. The van der Waals surface area contributed by atoms with Gasteiger partial charge in [-0.3, -0.25) is 14.5 Å². The Kier molecular flexibility index (Phi) is 4.85. The predicted molar refractivity (Wildman–Crippen MR) is 90.4 cm³/mol. The molecule has 4 heterocycles. The molecule has 0 bridgehead atoms. The minimum Gasteiger partial charge on any atom is -0.373 e. The molecule has 3 fully saturated rings. The third-order valence-electron chi connectivity index (χ3n) is 5.10. The maximum Gasteiger partial charge on any atom is 0.248 e. The smallest absolute Gasteiger partial charge is 0.248 e. The van der Waals surface area contributed by atoms with Crippen molar-refractivity contribution in [1.29, 1.82) is 0 Å². The lowest BCUT2D eigenvalue weighted by Gasteiger charge is -2.27. The average Bonchev–Trinajstić information content (AvgIpc) is 3.23. The Morgan fingerprint density at radius 3 is 3.04 bits per heavy atom. The van der Waals surface area contributed by atoms with E-state index in [0.717, 1.165) is 51.1 Å². The number of rotatable bonds is 4. The van der Waals surface area contributed by atoms with Gasteiger partial charge in [-0.15, -0.1) is 11.3 Å². The second kappa shape index (κ2) is 7.07. The summed E-state index contributed by atoms with van der Waals surface area (Å²) < 4.78 is 6.16. The number of carbonyl (C=O) groups excluding carboxylic acids is 1. The lowest BCUT2D eigenvalue weighted by Crippen LogP contribution is -2.37. The van der Waals surface area contributed by atoms with Crippen LogP contribution in [0.2, 0.25) is 0 Å². The summed E-state index contributed by atoms with van der Waals surface area (Å²) in [6, 6.07) is 0. The van der Waals surface area contributed by atoms with Crippen molar-refractivity contribution >= 4 is 17.2 Å². The number of hydroxylamine groups is 2. The van der Waals surface area contributed by atoms with Gasteiger partial charge in [0, 0.05) is 36.6 Å². The number of likely N-dealkylation sites (tertiary alicyclic amines) is 1. The van der Waals surface area contributed by atoms with Crippen molar-refractivity contribution in [2.24, 2.45) is 5.92 Å². The van der Waals surface area contributed by atoms with Crippen molar-refractivity contribution in [3.05, 3.63) is 16.1 Å². The Labute approximate surface area is 146 Å². The summed E-state index contributed by atoms with van der Waals surface area (Å²) in [6.07, 6.45) is 3.85. The van der Waals surface area contributed by atoms with Gasteiger partial charge in [-0.25, -0.2) is 10.0 Å². The quantitative estimate of drug-likeness (QED) is 0.830. The third-order valence-corrected chi connectivity index (χ3v) is 6.05. The Morgan fingerprint density at radius 2 is 2.33 bits per heavy atom. The Hall–Kier alpha value is -1.02. The van der Waals surface area contributed by atoms with Gasteiger partial charge in [-0.2, -0.15) is 0 Å². The molecule has 7 heteroatoms. The third kappa shape index (κ3) is 3.64. The molecule has 1 aromatic rings. The molecular formula is C17H25N3O3S. The summed E-state index contributed by atoms with van der Waals surface area (Å²) in [7, 11) is 0. The number of nitrogens with zero attached hydrogens (tertiary/aromatic N) is 3. The van der Waals surface area contributed by atoms with E-state index in [2.05, 4.69) is 15.3 Å². The van der Waals surface area contributed by atoms with Crippen LogP contribution in [-0.2, 0) is 20.9 Å². The van der Waals surface area contributed by atoms with Crippen LogP contribution in [0.4, 0.5) is 0 Å². The summed E-state index contributed by atoms with van der Waals surface area (Å²) in [5, 5.41) is 4.83. The first kappa shape index (κ1) is 16.4. The van der Waals surface area contributed by atoms with Crippen LogP contribution < -0.4 is 0 Å². The molecule has 3 aliphatic rings. The summed E-state index contributed by atoms with van der Waals surface area (Å²) in [4.78, 5) is 24.7. The minimum absolute atomic E-state index is 0.0577. The number of carbonyl (C=O) groups is 1. The summed E-state index contributed by atoms with van der Waals surface area (Å²) in [5.74, 6) is 0.626. The van der Waals surface area contributed by atoms with Gasteiger partial charge in [0.15, 0.2) is 0 Å². The maximum atomic E-state index is 12.3. The SMILES string of the molecule is Cc1csc(CN2C[C@@H]3C[C@H](CC(=O)N4CCCCO4)O[C@@H]3C2)n1. The zero-order valence-electron chi connectivity index (χ0n) is 14.1. The Bertz CT molecular complexity index is 573. The van der Waals surface area contributed by atoms with Crippen molar-refractivity contribution in [2.45, 2.75) is 51.4 Å². The van der Waals surface area contributed by atoms with Gasteiger partial charge < -0.3 is 4.74 Å². The van der Waals surface area contributed by atoms with E-state index in [0.29, 0.717) is 18.9 Å². The second-order valence-corrected chi connectivity index (χ2v) is 8.05. The standard InChI is InChI=1S/C17H25N3O3S/c1-12-11-24-16(18-12)10-19-8-13-6-14(23-15(13)9-19)7-17(21)20-4-2-3-5-22-20/h11,13-15H,2-10H2,1H3/t13-,14+,15+/m0/s1. The molecule has 4 rings (SSSR count). The van der Waals surface area contributed by atoms with Gasteiger partial charge in [-0.05, 0) is 26.2 Å². The van der Waals surface area contributed by atoms with Crippen LogP contribution in [-0.4, -0.2) is 59.3 Å². The molecule has 3 aliphatic heterocycles. The number of aryl methyl sites for hydroxylation is 1. The normalized spacial score (nSPS) is 30.7. The van der Waals surface area contributed by atoms with E-state index in [1.165, 1.54) is 10.1 Å². The predicted octanol–water partition coefficient (Wildman–Crippen LogP) is 1.98. The molecule has 0 aromatic carbocycles. The lowest BCUT2D eigenvalue weighted by molar-refractivity contribution is -0.199. The van der Waals surface area contributed by atoms with Crippen molar-refractivity contribution in [2.75, 3.05) is 26.2 Å². The monoisotopic (exact) mass is 351 g/mol. The Morgan fingerprint density at radius 1 is 1.42 bits per heavy atom. The molecule has 0 radical (unpaired) electrons. The van der Waals surface area contributed by atoms with E-state index in [1.807, 2.05) is 6.92 Å². The fraction of sp³-hybridized carbons (Fsp3) is 0.765. The van der Waals surface area contributed by atoms with E-state index in [4.69, 9.17) is 9.57 Å². The topological polar surface area (TPSA) is 54.9 Å². The highest BCUT2D eigenvalue weighted by atomic mass is 32.1. The molecule has 24 heavy (non-hydrogen) atoms. The van der Waals surface area contributed by atoms with Crippen molar-refractivity contribution < 1.29 is 14.4 Å². The second-order valence-electron chi connectivity index (χ2n) is 7.11. The van der Waals surface area contributed by atoms with Crippen LogP contribution in [0.3, 0.4) is 0 Å². The number of thiazole rings is 1. The first-order valence-corrected chi connectivity index (χ1v) is 9.77. The molecule has 1 aromatic heterocycles. The number of ether oxygens (including phenoxy) is 1. The first-order valence-electron chi connectivity index (χ1n) is 8.89. The number of aromatic nitrogens is 1. The number of hydrogen-bond donors (Lipinski definition) is 0. The molecule has 3 atom stereocenters. The fourth-order valence-electron chi connectivity index (χ4n) is 3.97. The van der Waals surface area contributed by atoms with Crippen LogP contribution in [0.5, 0.6) is 0 Å². The summed E-state index contributed by atoms with van der Waals surface area (Å²) in [5.41, 5.74) is 1.10. The van der Waals surface area contributed by atoms with E-state index in [9.17, 15) is 4.79 Å². The van der Waals surface area contributed by atoms with Gasteiger partial charge in [0.1, 0.15) is 5.01 Å². The summed E-state index contributed by atoms with van der Waals surface area (Å²) >= 11 is 1.73. The van der Waals surface area contributed by atoms with Crippen LogP contribution in [0.15, 0.2) is 5.38 Å². The van der Waals surface area contributed by atoms with E-state index in [1.54, 1.807) is 11.3 Å². The number of amides is 1. The summed E-state index contributed by atoms with van der Waals surface area (Å²) in [6.45, 7) is 6.34. The van der Waals surface area contributed by atoms with Crippen LogP contribution >= 0.6 is 11.3 Å². The molecule has 3 saturated heterocycles. The zero-order chi connectivity index (χ0) is 16.5. The maximum absolute atomic E-state index is 12.3. The van der Waals surface area contributed by atoms with Gasteiger partial charge in [0.05, 0.1) is 31.8 Å². The van der Waals surface area contributed by atoms with Crippen molar-refractivity contribution in [1.82, 2.24) is 14.9 Å². The van der Waals surface area contributed by atoms with E-state index in [-0.39, 0.29) is 18.1 Å². The highest BCUT2D eigenvalue weighted by molar-refractivity contribution is 7.09. The molecule has 0 N–H and O–H groups in total. The molecular weight excluding hydrogens is 326 g/mol. The largest absolute Gasteiger partial charge is 0.373 e. The van der Waals surface area contributed by atoms with E-state index >= 15 is 0 Å². The molecule has 0 aliphatic carbocycles. The van der Waals surface area contributed by atoms with E-state index < -0.39 is 0 Å². The van der Waals surface area contributed by atoms with Crippen molar-refractivity contribution in [3.63, 3.8) is 0 Å². The molecule has 0 spiro atoms. The van der Waals surface area contributed by atoms with Gasteiger partial charge in [0.25, 0.3) is 0 Å². The first-order chi connectivity index (χ1) is 11.7. The number of hydrogen-bond acceptors (Lipinski definition) is 6. The number of fused-ring (bicyclic) bond motifs is 1. The minimum atomic E-state index is 0.0577. The molecule has 1 amide bonds. The molecule has 0 saturated carbocycles. The van der Waals surface area contributed by atoms with Crippen LogP contribution in [0.1, 0.15) is 36.4 Å². The highest BCUT2D eigenvalue weighted by Crippen LogP contribution is 2.35. The zero-order valence-corrected chi connectivity index (χ0v) is 15.0. The highest BCUT2D eigenvalue weighted by Gasteiger charge is 2.42. The molecule has 132 valence electrons.